The third-order valence-corrected chi connectivity index (χ3v) is 6.32. The molecule has 1 fully saturated rings. The number of rotatable bonds is 8. The highest BCUT2D eigenvalue weighted by atomic mass is 35.5. The van der Waals surface area contributed by atoms with E-state index in [1.54, 1.807) is 7.11 Å². The summed E-state index contributed by atoms with van der Waals surface area (Å²) in [6.45, 7) is 5.60. The third-order valence-electron chi connectivity index (χ3n) is 4.95. The summed E-state index contributed by atoms with van der Waals surface area (Å²) in [6.07, 6.45) is 0. The molecule has 5 nitrogen and oxygen atoms in total. The zero-order valence-electron chi connectivity index (χ0n) is 16.8. The van der Waals surface area contributed by atoms with Gasteiger partial charge in [-0.15, -0.1) is 11.8 Å². The quantitative estimate of drug-likeness (QED) is 0.636. The van der Waals surface area contributed by atoms with Gasteiger partial charge in [0.15, 0.2) is 0 Å². The second kappa shape index (κ2) is 10.9. The van der Waals surface area contributed by atoms with E-state index in [-0.39, 0.29) is 17.2 Å². The monoisotopic (exact) mass is 434 g/mol. The topological polar surface area (TPSA) is 50.8 Å². The van der Waals surface area contributed by atoms with Gasteiger partial charge in [0.25, 0.3) is 0 Å². The Morgan fingerprint density at radius 2 is 1.83 bits per heavy atom. The van der Waals surface area contributed by atoms with Crippen LogP contribution >= 0.6 is 23.4 Å². The van der Waals surface area contributed by atoms with Gasteiger partial charge in [-0.3, -0.25) is 9.69 Å². The summed E-state index contributed by atoms with van der Waals surface area (Å²) >= 11 is 7.46. The molecular weight excluding hydrogens is 408 g/mol. The molecule has 2 aromatic rings. The van der Waals surface area contributed by atoms with E-state index >= 15 is 0 Å². The molecule has 0 bridgehead atoms. The van der Waals surface area contributed by atoms with E-state index in [0.717, 1.165) is 29.3 Å². The van der Waals surface area contributed by atoms with Crippen molar-refractivity contribution >= 4 is 29.3 Å². The Hall–Kier alpha value is -1.73. The summed E-state index contributed by atoms with van der Waals surface area (Å²) in [4.78, 5) is 16.1. The van der Waals surface area contributed by atoms with E-state index in [1.165, 1.54) is 11.8 Å². The average Bonchev–Trinajstić information content (AvgIpc) is 2.76. The molecule has 156 valence electrons. The van der Waals surface area contributed by atoms with Crippen molar-refractivity contribution in [3.63, 3.8) is 0 Å². The fourth-order valence-corrected chi connectivity index (χ4v) is 4.30. The summed E-state index contributed by atoms with van der Waals surface area (Å²) < 4.78 is 10.8. The standard InChI is InChI=1S/C22H27ClN2O3S/c1-16(29-20-9-5-18(23)6-10-20)22(26)24-15-21(25-11-13-28-14-12-25)17-3-7-19(27-2)8-4-17/h3-10,16,21H,11-15H2,1-2H3,(H,24,26)/t16-,21-/m0/s1. The van der Waals surface area contributed by atoms with Crippen molar-refractivity contribution in [3.05, 3.63) is 59.1 Å². The Balaban J connectivity index is 1.63. The first kappa shape index (κ1) is 22.0. The molecule has 7 heteroatoms. The number of carbonyl (C=O) groups excluding carboxylic acids is 1. The van der Waals surface area contributed by atoms with Gasteiger partial charge in [0.2, 0.25) is 5.91 Å². The number of thioether (sulfide) groups is 1. The molecule has 0 saturated carbocycles. The largest absolute Gasteiger partial charge is 0.497 e. The molecule has 1 saturated heterocycles. The average molecular weight is 435 g/mol. The predicted octanol–water partition coefficient (Wildman–Crippen LogP) is 4.02. The van der Waals surface area contributed by atoms with Crippen LogP contribution < -0.4 is 10.1 Å². The fourth-order valence-electron chi connectivity index (χ4n) is 3.28. The Labute approximate surface area is 181 Å². The second-order valence-corrected chi connectivity index (χ2v) is 8.75. The molecule has 1 amide bonds. The van der Waals surface area contributed by atoms with Crippen molar-refractivity contribution < 1.29 is 14.3 Å². The lowest BCUT2D eigenvalue weighted by Crippen LogP contribution is -2.44. The van der Waals surface area contributed by atoms with Crippen molar-refractivity contribution in [2.75, 3.05) is 40.0 Å². The van der Waals surface area contributed by atoms with Crippen molar-refractivity contribution in [2.24, 2.45) is 0 Å². The molecule has 0 aliphatic carbocycles. The van der Waals surface area contributed by atoms with Gasteiger partial charge in [0.05, 0.1) is 31.6 Å². The maximum atomic E-state index is 12.7. The summed E-state index contributed by atoms with van der Waals surface area (Å²) in [5.74, 6) is 0.850. The molecule has 0 spiro atoms. The summed E-state index contributed by atoms with van der Waals surface area (Å²) in [5.41, 5.74) is 1.16. The number of hydrogen-bond donors (Lipinski definition) is 1. The Morgan fingerprint density at radius 3 is 2.45 bits per heavy atom. The number of morpholine rings is 1. The number of ether oxygens (including phenoxy) is 2. The number of benzene rings is 2. The highest BCUT2D eigenvalue weighted by Gasteiger charge is 2.24. The molecule has 1 aliphatic rings. The number of carbonyl (C=O) groups is 1. The number of halogens is 1. The molecule has 29 heavy (non-hydrogen) atoms. The molecule has 2 atom stereocenters. The van der Waals surface area contributed by atoms with Gasteiger partial charge >= 0.3 is 0 Å². The lowest BCUT2D eigenvalue weighted by Gasteiger charge is -2.35. The smallest absolute Gasteiger partial charge is 0.233 e. The van der Waals surface area contributed by atoms with Crippen LogP contribution in [0.5, 0.6) is 5.75 Å². The molecule has 0 radical (unpaired) electrons. The van der Waals surface area contributed by atoms with E-state index in [2.05, 4.69) is 22.3 Å². The van der Waals surface area contributed by atoms with Gasteiger partial charge in [0, 0.05) is 29.6 Å². The van der Waals surface area contributed by atoms with Crippen molar-refractivity contribution in [3.8, 4) is 5.75 Å². The lowest BCUT2D eigenvalue weighted by atomic mass is 10.0. The normalized spacial score (nSPS) is 16.8. The van der Waals surface area contributed by atoms with Crippen LogP contribution in [0.3, 0.4) is 0 Å². The molecule has 0 unspecified atom stereocenters. The van der Waals surface area contributed by atoms with Crippen LogP contribution in [0.4, 0.5) is 0 Å². The lowest BCUT2D eigenvalue weighted by molar-refractivity contribution is -0.120. The molecule has 1 N–H and O–H groups in total. The molecule has 3 rings (SSSR count). The van der Waals surface area contributed by atoms with Crippen LogP contribution in [-0.4, -0.2) is 56.0 Å². The van der Waals surface area contributed by atoms with Gasteiger partial charge in [-0.2, -0.15) is 0 Å². The van der Waals surface area contributed by atoms with Crippen LogP contribution in [0.2, 0.25) is 5.02 Å². The number of amides is 1. The van der Waals surface area contributed by atoms with Gasteiger partial charge in [0.1, 0.15) is 5.75 Å². The number of nitrogens with zero attached hydrogens (tertiary/aromatic N) is 1. The second-order valence-electron chi connectivity index (χ2n) is 6.90. The molecule has 2 aromatic carbocycles. The highest BCUT2D eigenvalue weighted by molar-refractivity contribution is 8.00. The van der Waals surface area contributed by atoms with E-state index in [0.29, 0.717) is 24.8 Å². The molecular formula is C22H27ClN2O3S. The summed E-state index contributed by atoms with van der Waals surface area (Å²) in [5, 5.41) is 3.64. The first-order chi connectivity index (χ1) is 14.1. The first-order valence-corrected chi connectivity index (χ1v) is 11.0. The maximum Gasteiger partial charge on any atom is 0.233 e. The van der Waals surface area contributed by atoms with Gasteiger partial charge in [-0.25, -0.2) is 0 Å². The summed E-state index contributed by atoms with van der Waals surface area (Å²) in [6, 6.07) is 15.7. The van der Waals surface area contributed by atoms with Crippen molar-refractivity contribution in [1.82, 2.24) is 10.2 Å². The van der Waals surface area contributed by atoms with Crippen molar-refractivity contribution in [2.45, 2.75) is 23.1 Å². The Bertz CT molecular complexity index is 780. The van der Waals surface area contributed by atoms with Crippen LogP contribution in [0.25, 0.3) is 0 Å². The number of methoxy groups -OCH3 is 1. The van der Waals surface area contributed by atoms with E-state index in [1.807, 2.05) is 43.3 Å². The third kappa shape index (κ3) is 6.37. The SMILES string of the molecule is COc1ccc([C@H](CNC(=O)[C@H](C)Sc2ccc(Cl)cc2)N2CCOCC2)cc1. The highest BCUT2D eigenvalue weighted by Crippen LogP contribution is 2.26. The van der Waals surface area contributed by atoms with Gasteiger partial charge in [-0.1, -0.05) is 23.7 Å². The minimum Gasteiger partial charge on any atom is -0.497 e. The van der Waals surface area contributed by atoms with Crippen molar-refractivity contribution in [1.29, 1.82) is 0 Å². The zero-order valence-corrected chi connectivity index (χ0v) is 18.3. The van der Waals surface area contributed by atoms with Crippen LogP contribution in [0.1, 0.15) is 18.5 Å². The van der Waals surface area contributed by atoms with Crippen LogP contribution in [-0.2, 0) is 9.53 Å². The maximum absolute atomic E-state index is 12.7. The zero-order chi connectivity index (χ0) is 20.6. The fraction of sp³-hybridized carbons (Fsp3) is 0.409. The van der Waals surface area contributed by atoms with Gasteiger partial charge in [-0.05, 0) is 48.9 Å². The minimum absolute atomic E-state index is 0.0247. The van der Waals surface area contributed by atoms with Crippen LogP contribution in [0.15, 0.2) is 53.4 Å². The Morgan fingerprint density at radius 1 is 1.17 bits per heavy atom. The van der Waals surface area contributed by atoms with Gasteiger partial charge < -0.3 is 14.8 Å². The van der Waals surface area contributed by atoms with E-state index < -0.39 is 0 Å². The predicted molar refractivity (Wildman–Crippen MR) is 118 cm³/mol. The minimum atomic E-state index is -0.197. The Kier molecular flexibility index (Phi) is 8.24. The van der Waals surface area contributed by atoms with E-state index in [9.17, 15) is 4.79 Å². The number of hydrogen-bond acceptors (Lipinski definition) is 5. The molecule has 1 heterocycles. The number of nitrogens with one attached hydrogen (secondary N) is 1. The molecule has 1 aliphatic heterocycles. The first-order valence-electron chi connectivity index (χ1n) is 9.72. The van der Waals surface area contributed by atoms with Crippen LogP contribution in [0, 0.1) is 0 Å². The molecule has 0 aromatic heterocycles. The summed E-state index contributed by atoms with van der Waals surface area (Å²) in [7, 11) is 1.66. The van der Waals surface area contributed by atoms with E-state index in [4.69, 9.17) is 21.1 Å².